The molecule has 0 saturated heterocycles. The van der Waals surface area contributed by atoms with E-state index in [0.29, 0.717) is 15.4 Å². The van der Waals surface area contributed by atoms with E-state index in [4.69, 9.17) is 0 Å². The molecule has 0 unspecified atom stereocenters. The van der Waals surface area contributed by atoms with Gasteiger partial charge in [-0.3, -0.25) is 25.1 Å². The molecule has 0 radical (unpaired) electrons. The number of anilines is 1. The predicted octanol–water partition coefficient (Wildman–Crippen LogP) is 2.58. The highest BCUT2D eigenvalue weighted by Gasteiger charge is 2.14. The smallest absolute Gasteiger partial charge is 0.313 e. The van der Waals surface area contributed by atoms with Crippen molar-refractivity contribution >= 4 is 50.6 Å². The molecule has 2 amide bonds. The molecule has 0 aliphatic rings. The summed E-state index contributed by atoms with van der Waals surface area (Å²) in [6.07, 6.45) is 2.75. The van der Waals surface area contributed by atoms with Gasteiger partial charge < -0.3 is 5.32 Å². The van der Waals surface area contributed by atoms with Gasteiger partial charge in [0.15, 0.2) is 0 Å². The first-order chi connectivity index (χ1) is 11.4. The van der Waals surface area contributed by atoms with E-state index in [1.807, 2.05) is 0 Å². The predicted molar refractivity (Wildman–Crippen MR) is 94.1 cm³/mol. The monoisotopic (exact) mass is 366 g/mol. The van der Waals surface area contributed by atoms with Crippen molar-refractivity contribution in [1.82, 2.24) is 10.4 Å². The summed E-state index contributed by atoms with van der Waals surface area (Å²) < 4.78 is 0. The number of carbonyl (C=O) groups excluding carboxylic acids is 2. The summed E-state index contributed by atoms with van der Waals surface area (Å²) in [4.78, 5) is 34.7. The summed E-state index contributed by atoms with van der Waals surface area (Å²) in [6.45, 7) is 0. The van der Waals surface area contributed by atoms with Gasteiger partial charge in [0.2, 0.25) is 5.91 Å². The van der Waals surface area contributed by atoms with Crippen LogP contribution < -0.4 is 10.7 Å². The van der Waals surface area contributed by atoms with Gasteiger partial charge in [0.1, 0.15) is 5.00 Å². The lowest BCUT2D eigenvalue weighted by atomic mass is 10.3. The molecule has 24 heavy (non-hydrogen) atoms. The average molecular weight is 366 g/mol. The van der Waals surface area contributed by atoms with Crippen molar-refractivity contribution in [3.05, 3.63) is 50.2 Å². The van der Waals surface area contributed by atoms with Crippen LogP contribution in [0.25, 0.3) is 6.08 Å². The van der Waals surface area contributed by atoms with E-state index < -0.39 is 10.8 Å². The molecule has 0 spiro atoms. The third-order valence-electron chi connectivity index (χ3n) is 2.66. The SMILES string of the molecule is CN(C)NC(=O)c1ccsc1NC(=O)/C=C/c1ccc([N+](=O)[O-])s1. The normalized spacial score (nSPS) is 11.0. The Kier molecular flexibility index (Phi) is 5.79. The van der Waals surface area contributed by atoms with Gasteiger partial charge in [-0.15, -0.1) is 11.3 Å². The lowest BCUT2D eigenvalue weighted by Gasteiger charge is -2.12. The number of rotatable bonds is 6. The Morgan fingerprint density at radius 3 is 2.67 bits per heavy atom. The van der Waals surface area contributed by atoms with Crippen LogP contribution in [0.1, 0.15) is 15.2 Å². The first-order valence-electron chi connectivity index (χ1n) is 6.66. The summed E-state index contributed by atoms with van der Waals surface area (Å²) in [5.74, 6) is -0.748. The lowest BCUT2D eigenvalue weighted by molar-refractivity contribution is -0.380. The van der Waals surface area contributed by atoms with Gasteiger partial charge in [0.25, 0.3) is 5.91 Å². The van der Waals surface area contributed by atoms with Crippen LogP contribution >= 0.6 is 22.7 Å². The fourth-order valence-corrected chi connectivity index (χ4v) is 3.20. The van der Waals surface area contributed by atoms with Gasteiger partial charge in [-0.2, -0.15) is 0 Å². The van der Waals surface area contributed by atoms with Crippen LogP contribution in [0.15, 0.2) is 29.7 Å². The molecule has 10 heteroatoms. The fraction of sp³-hybridized carbons (Fsp3) is 0.143. The standard InChI is InChI=1S/C14H14N4O4S2/c1-17(2)16-13(20)10-7-8-23-14(10)15-11(19)5-3-9-4-6-12(24-9)18(21)22/h3-8H,1-2H3,(H,15,19)(H,16,20)/b5-3+. The third-order valence-corrected chi connectivity index (χ3v) is 4.50. The number of nitro groups is 1. The minimum atomic E-state index is -0.483. The molecule has 2 N–H and O–H groups in total. The van der Waals surface area contributed by atoms with E-state index in [-0.39, 0.29) is 10.9 Å². The molecule has 2 aromatic rings. The van der Waals surface area contributed by atoms with Gasteiger partial charge >= 0.3 is 5.00 Å². The molecule has 0 fully saturated rings. The Morgan fingerprint density at radius 2 is 2.04 bits per heavy atom. The summed E-state index contributed by atoms with van der Waals surface area (Å²) in [7, 11) is 3.37. The molecule has 0 aliphatic carbocycles. The van der Waals surface area contributed by atoms with Crippen LogP contribution in [0.5, 0.6) is 0 Å². The minimum Gasteiger partial charge on any atom is -0.313 e. The van der Waals surface area contributed by atoms with Gasteiger partial charge in [-0.05, 0) is 23.6 Å². The molecule has 0 bridgehead atoms. The number of hydrogen-bond donors (Lipinski definition) is 2. The summed E-state index contributed by atoms with van der Waals surface area (Å²) in [5.41, 5.74) is 2.96. The molecule has 2 rings (SSSR count). The maximum Gasteiger partial charge on any atom is 0.324 e. The third kappa shape index (κ3) is 4.72. The molecule has 8 nitrogen and oxygen atoms in total. The second kappa shape index (κ2) is 7.81. The van der Waals surface area contributed by atoms with Crippen molar-refractivity contribution in [1.29, 1.82) is 0 Å². The minimum absolute atomic E-state index is 0.0101. The Balaban J connectivity index is 2.02. The zero-order valence-corrected chi connectivity index (χ0v) is 14.4. The molecule has 126 valence electrons. The number of hydrazine groups is 1. The van der Waals surface area contributed by atoms with Crippen LogP contribution in [0, 0.1) is 10.1 Å². The summed E-state index contributed by atoms with van der Waals surface area (Å²) in [6, 6.07) is 4.56. The van der Waals surface area contributed by atoms with E-state index in [0.717, 1.165) is 11.3 Å². The van der Waals surface area contributed by atoms with Crippen LogP contribution in [-0.2, 0) is 4.79 Å². The Labute approximate surface area is 145 Å². The zero-order valence-electron chi connectivity index (χ0n) is 12.8. The van der Waals surface area contributed by atoms with Gasteiger partial charge in [0.05, 0.1) is 10.5 Å². The highest BCUT2D eigenvalue weighted by Crippen LogP contribution is 2.25. The van der Waals surface area contributed by atoms with Gasteiger partial charge in [-0.25, -0.2) is 5.01 Å². The van der Waals surface area contributed by atoms with Crippen molar-refractivity contribution in [2.75, 3.05) is 19.4 Å². The second-order valence-corrected chi connectivity index (χ2v) is 6.76. The Bertz CT molecular complexity index is 794. The van der Waals surface area contributed by atoms with Gasteiger partial charge in [0, 0.05) is 31.1 Å². The van der Waals surface area contributed by atoms with Crippen molar-refractivity contribution in [2.24, 2.45) is 0 Å². The Hall–Kier alpha value is -2.56. The molecule has 0 aliphatic heterocycles. The van der Waals surface area contributed by atoms with E-state index in [2.05, 4.69) is 10.7 Å². The molecule has 0 saturated carbocycles. The number of amides is 2. The largest absolute Gasteiger partial charge is 0.324 e. The highest BCUT2D eigenvalue weighted by atomic mass is 32.1. The summed E-state index contributed by atoms with van der Waals surface area (Å²) in [5, 5.41) is 16.9. The van der Waals surface area contributed by atoms with Crippen molar-refractivity contribution in [2.45, 2.75) is 0 Å². The first kappa shape index (κ1) is 17.8. The van der Waals surface area contributed by atoms with Crippen LogP contribution in [0.4, 0.5) is 10.0 Å². The molecular formula is C14H14N4O4S2. The number of nitrogens with zero attached hydrogens (tertiary/aromatic N) is 2. The molecule has 2 heterocycles. The maximum absolute atomic E-state index is 12.0. The van der Waals surface area contributed by atoms with Gasteiger partial charge in [-0.1, -0.05) is 11.3 Å². The van der Waals surface area contributed by atoms with E-state index >= 15 is 0 Å². The van der Waals surface area contributed by atoms with E-state index in [1.54, 1.807) is 31.6 Å². The second-order valence-electron chi connectivity index (χ2n) is 4.75. The van der Waals surface area contributed by atoms with E-state index in [1.165, 1.54) is 34.6 Å². The number of nitrogens with one attached hydrogen (secondary N) is 2. The van der Waals surface area contributed by atoms with E-state index in [9.17, 15) is 19.7 Å². The zero-order chi connectivity index (χ0) is 17.7. The molecule has 2 aromatic heterocycles. The van der Waals surface area contributed by atoms with Crippen molar-refractivity contribution < 1.29 is 14.5 Å². The molecular weight excluding hydrogens is 352 g/mol. The summed E-state index contributed by atoms with van der Waals surface area (Å²) >= 11 is 2.20. The van der Waals surface area contributed by atoms with Crippen LogP contribution in [0.2, 0.25) is 0 Å². The number of carbonyl (C=O) groups is 2. The van der Waals surface area contributed by atoms with Crippen LogP contribution in [-0.4, -0.2) is 35.8 Å². The number of hydrogen-bond acceptors (Lipinski definition) is 7. The topological polar surface area (TPSA) is 105 Å². The van der Waals surface area contributed by atoms with Crippen molar-refractivity contribution in [3.8, 4) is 0 Å². The highest BCUT2D eigenvalue weighted by molar-refractivity contribution is 7.16. The molecule has 0 atom stereocenters. The number of thiophene rings is 2. The first-order valence-corrected chi connectivity index (χ1v) is 8.35. The molecule has 0 aromatic carbocycles. The Morgan fingerprint density at radius 1 is 1.29 bits per heavy atom. The quantitative estimate of drug-likeness (QED) is 0.464. The fourth-order valence-electron chi connectivity index (χ4n) is 1.69. The lowest BCUT2D eigenvalue weighted by Crippen LogP contribution is -2.36. The average Bonchev–Trinajstić information content (AvgIpc) is 3.13. The van der Waals surface area contributed by atoms with Crippen molar-refractivity contribution in [3.63, 3.8) is 0 Å². The van der Waals surface area contributed by atoms with Crippen LogP contribution in [0.3, 0.4) is 0 Å². The maximum atomic E-state index is 12.0.